The van der Waals surface area contributed by atoms with Crippen molar-refractivity contribution in [1.82, 2.24) is 9.99 Å². The third-order valence-electron chi connectivity index (χ3n) is 2.68. The largest absolute Gasteiger partial charge is 0.347 e. The predicted octanol–water partition coefficient (Wildman–Crippen LogP) is 0.521. The van der Waals surface area contributed by atoms with Gasteiger partial charge in [-0.15, -0.1) is 0 Å². The van der Waals surface area contributed by atoms with Crippen LogP contribution in [-0.4, -0.2) is 10.5 Å². The van der Waals surface area contributed by atoms with Gasteiger partial charge in [0.15, 0.2) is 5.43 Å². The number of amides is 1. The van der Waals surface area contributed by atoms with Gasteiger partial charge < -0.3 is 4.57 Å². The van der Waals surface area contributed by atoms with Gasteiger partial charge in [-0.25, -0.2) is 10.2 Å². The number of aryl methyl sites for hydroxylation is 1. The molecule has 0 unspecified atom stereocenters. The minimum Gasteiger partial charge on any atom is -0.347 e. The van der Waals surface area contributed by atoms with Gasteiger partial charge in [-0.1, -0.05) is 0 Å². The van der Waals surface area contributed by atoms with Crippen molar-refractivity contribution in [2.75, 3.05) is 0 Å². The molecule has 1 aromatic heterocycles. The van der Waals surface area contributed by atoms with Gasteiger partial charge in [0.05, 0.1) is 5.52 Å². The number of fused-ring (bicyclic) bond motifs is 1. The molecule has 2 rings (SSSR count). The highest BCUT2D eigenvalue weighted by molar-refractivity contribution is 5.79. The van der Waals surface area contributed by atoms with E-state index < -0.39 is 5.82 Å². The fourth-order valence-corrected chi connectivity index (χ4v) is 1.77. The highest BCUT2D eigenvalue weighted by atomic mass is 19.1. The van der Waals surface area contributed by atoms with Gasteiger partial charge in [-0.2, -0.15) is 0 Å². The number of benzene rings is 1. The Morgan fingerprint density at radius 1 is 1.39 bits per heavy atom. The molecule has 0 radical (unpaired) electrons. The lowest BCUT2D eigenvalue weighted by atomic mass is 10.2. The van der Waals surface area contributed by atoms with Crippen LogP contribution in [0.5, 0.6) is 0 Å². The Balaban J connectivity index is 2.44. The van der Waals surface area contributed by atoms with E-state index in [1.165, 1.54) is 30.5 Å². The van der Waals surface area contributed by atoms with E-state index in [1.54, 1.807) is 4.57 Å². The molecule has 0 aliphatic rings. The van der Waals surface area contributed by atoms with E-state index in [4.69, 9.17) is 5.84 Å². The Kier molecular flexibility index (Phi) is 3.38. The van der Waals surface area contributed by atoms with Crippen LogP contribution < -0.4 is 16.7 Å². The number of nitrogens with two attached hydrogens (primary N) is 1. The van der Waals surface area contributed by atoms with Gasteiger partial charge in [0, 0.05) is 30.6 Å². The number of halogens is 1. The van der Waals surface area contributed by atoms with E-state index >= 15 is 0 Å². The number of carbonyl (C=O) groups excluding carboxylic acids is 1. The number of hydrogen-bond acceptors (Lipinski definition) is 3. The lowest BCUT2D eigenvalue weighted by Crippen LogP contribution is -2.30. The van der Waals surface area contributed by atoms with E-state index in [1.807, 2.05) is 5.43 Å². The molecule has 0 atom stereocenters. The van der Waals surface area contributed by atoms with E-state index in [0.29, 0.717) is 17.4 Å². The Labute approximate surface area is 102 Å². The Hall–Kier alpha value is -2.21. The zero-order chi connectivity index (χ0) is 13.1. The van der Waals surface area contributed by atoms with Crippen LogP contribution in [0.4, 0.5) is 4.39 Å². The fourth-order valence-electron chi connectivity index (χ4n) is 1.77. The molecule has 0 bridgehead atoms. The van der Waals surface area contributed by atoms with Crippen LogP contribution in [0.2, 0.25) is 0 Å². The quantitative estimate of drug-likeness (QED) is 0.473. The first-order chi connectivity index (χ1) is 8.61. The number of aromatic nitrogens is 1. The summed E-state index contributed by atoms with van der Waals surface area (Å²) in [4.78, 5) is 22.7. The summed E-state index contributed by atoms with van der Waals surface area (Å²) in [7, 11) is 0. The summed E-state index contributed by atoms with van der Waals surface area (Å²) in [5.74, 6) is 4.23. The number of rotatable bonds is 3. The van der Waals surface area contributed by atoms with Crippen LogP contribution in [-0.2, 0) is 11.3 Å². The summed E-state index contributed by atoms with van der Waals surface area (Å²) in [6, 6.07) is 5.34. The van der Waals surface area contributed by atoms with Gasteiger partial charge in [-0.3, -0.25) is 15.0 Å². The Morgan fingerprint density at radius 2 is 2.17 bits per heavy atom. The van der Waals surface area contributed by atoms with Crippen molar-refractivity contribution in [2.24, 2.45) is 5.84 Å². The lowest BCUT2D eigenvalue weighted by molar-refractivity contribution is -0.121. The van der Waals surface area contributed by atoms with Crippen molar-refractivity contribution in [3.05, 3.63) is 46.5 Å². The molecule has 1 aromatic carbocycles. The second-order valence-corrected chi connectivity index (χ2v) is 3.85. The Bertz CT molecular complexity index is 651. The van der Waals surface area contributed by atoms with E-state index in [0.717, 1.165) is 0 Å². The van der Waals surface area contributed by atoms with Crippen molar-refractivity contribution in [1.29, 1.82) is 0 Å². The van der Waals surface area contributed by atoms with Gasteiger partial charge in [0.1, 0.15) is 5.82 Å². The molecule has 3 N–H and O–H groups in total. The summed E-state index contributed by atoms with van der Waals surface area (Å²) in [6.07, 6.45) is 1.69. The van der Waals surface area contributed by atoms with Crippen LogP contribution in [0.15, 0.2) is 35.3 Å². The molecule has 0 saturated carbocycles. The molecule has 2 aromatic rings. The normalized spacial score (nSPS) is 10.6. The van der Waals surface area contributed by atoms with Crippen LogP contribution in [0.1, 0.15) is 6.42 Å². The molecule has 1 heterocycles. The van der Waals surface area contributed by atoms with Crippen LogP contribution in [0.25, 0.3) is 10.9 Å². The Morgan fingerprint density at radius 3 is 2.89 bits per heavy atom. The maximum absolute atomic E-state index is 13.2. The number of nitrogens with zero attached hydrogens (tertiary/aromatic N) is 1. The monoisotopic (exact) mass is 249 g/mol. The zero-order valence-electron chi connectivity index (χ0n) is 9.52. The van der Waals surface area contributed by atoms with Crippen molar-refractivity contribution >= 4 is 16.8 Å². The average Bonchev–Trinajstić information content (AvgIpc) is 2.37. The predicted molar refractivity (Wildman–Crippen MR) is 65.1 cm³/mol. The molecule has 0 fully saturated rings. The summed E-state index contributed by atoms with van der Waals surface area (Å²) in [5, 5.41) is 0.423. The minimum atomic E-state index is -0.426. The van der Waals surface area contributed by atoms with E-state index in [-0.39, 0.29) is 17.8 Å². The summed E-state index contributed by atoms with van der Waals surface area (Å²) >= 11 is 0. The van der Waals surface area contributed by atoms with Crippen LogP contribution in [0.3, 0.4) is 0 Å². The molecule has 1 amide bonds. The highest BCUT2D eigenvalue weighted by Crippen LogP contribution is 2.12. The maximum atomic E-state index is 13.2. The number of nitrogens with one attached hydrogen (secondary N) is 1. The van der Waals surface area contributed by atoms with Gasteiger partial charge >= 0.3 is 0 Å². The van der Waals surface area contributed by atoms with E-state index in [9.17, 15) is 14.0 Å². The van der Waals surface area contributed by atoms with Crippen molar-refractivity contribution < 1.29 is 9.18 Å². The third-order valence-corrected chi connectivity index (χ3v) is 2.68. The van der Waals surface area contributed by atoms with Crippen LogP contribution in [0, 0.1) is 5.82 Å². The van der Waals surface area contributed by atoms with Crippen molar-refractivity contribution in [3.63, 3.8) is 0 Å². The zero-order valence-corrected chi connectivity index (χ0v) is 9.52. The minimum absolute atomic E-state index is 0.158. The first-order valence-electron chi connectivity index (χ1n) is 5.40. The van der Waals surface area contributed by atoms with Crippen LogP contribution >= 0.6 is 0 Å². The van der Waals surface area contributed by atoms with Gasteiger partial charge in [-0.05, 0) is 18.2 Å². The molecule has 18 heavy (non-hydrogen) atoms. The first-order valence-corrected chi connectivity index (χ1v) is 5.40. The first kappa shape index (κ1) is 12.3. The summed E-state index contributed by atoms with van der Waals surface area (Å²) in [6.45, 7) is 0.323. The molecular weight excluding hydrogens is 237 g/mol. The van der Waals surface area contributed by atoms with Gasteiger partial charge in [0.2, 0.25) is 5.91 Å². The average molecular weight is 249 g/mol. The molecule has 0 spiro atoms. The number of hydrogen-bond donors (Lipinski definition) is 2. The second kappa shape index (κ2) is 4.97. The molecule has 0 aliphatic carbocycles. The van der Waals surface area contributed by atoms with Crippen molar-refractivity contribution in [2.45, 2.75) is 13.0 Å². The van der Waals surface area contributed by atoms with Crippen molar-refractivity contribution in [3.8, 4) is 0 Å². The smallest absolute Gasteiger partial charge is 0.235 e. The molecule has 94 valence electrons. The summed E-state index contributed by atoms with van der Waals surface area (Å²) < 4.78 is 14.8. The molecular formula is C12H12FN3O2. The third kappa shape index (κ3) is 2.38. The maximum Gasteiger partial charge on any atom is 0.235 e. The highest BCUT2D eigenvalue weighted by Gasteiger charge is 2.05. The molecule has 5 nitrogen and oxygen atoms in total. The second-order valence-electron chi connectivity index (χ2n) is 3.85. The standard InChI is InChI=1S/C12H12FN3O2/c13-8-1-2-9-10(7-8)16(5-3-11(9)17)6-4-12(18)15-14/h1-3,5,7H,4,6,14H2,(H,15,18). The number of carbonyl (C=O) groups is 1. The summed E-state index contributed by atoms with van der Waals surface area (Å²) in [5.41, 5.74) is 2.31. The molecule has 0 aliphatic heterocycles. The SMILES string of the molecule is NNC(=O)CCn1ccc(=O)c2ccc(F)cc21. The fraction of sp³-hybridized carbons (Fsp3) is 0.167. The number of pyridine rings is 1. The van der Waals surface area contributed by atoms with Gasteiger partial charge in [0.25, 0.3) is 0 Å². The van der Waals surface area contributed by atoms with E-state index in [2.05, 4.69) is 0 Å². The topological polar surface area (TPSA) is 77.1 Å². The molecule has 6 heteroatoms. The number of hydrazine groups is 1. The lowest BCUT2D eigenvalue weighted by Gasteiger charge is -2.10. The molecule has 0 saturated heterocycles.